The van der Waals surface area contributed by atoms with E-state index in [0.29, 0.717) is 32.7 Å². The Hall–Kier alpha value is -2.83. The third kappa shape index (κ3) is 3.18. The number of fused-ring (bicyclic) bond motifs is 2. The highest BCUT2D eigenvalue weighted by atomic mass is 35.5. The zero-order valence-corrected chi connectivity index (χ0v) is 16.1. The summed E-state index contributed by atoms with van der Waals surface area (Å²) in [6.45, 7) is 0. The fourth-order valence-corrected chi connectivity index (χ4v) is 4.08. The summed E-state index contributed by atoms with van der Waals surface area (Å²) in [6, 6.07) is 14.6. The van der Waals surface area contributed by atoms with Crippen LogP contribution in [0.15, 0.2) is 48.5 Å². The summed E-state index contributed by atoms with van der Waals surface area (Å²) in [5, 5.41) is 5.60. The topological polar surface area (TPSA) is 60.5 Å². The minimum absolute atomic E-state index is 0.243. The van der Waals surface area contributed by atoms with Crippen molar-refractivity contribution in [1.29, 1.82) is 0 Å². The number of carbonyl (C=O) groups excluding carboxylic acids is 1. The average Bonchev–Trinajstić information content (AvgIpc) is 3.09. The number of halogens is 1. The van der Waals surface area contributed by atoms with Crippen molar-refractivity contribution in [2.24, 2.45) is 0 Å². The van der Waals surface area contributed by atoms with Crippen molar-refractivity contribution >= 4 is 55.0 Å². The van der Waals surface area contributed by atoms with Crippen LogP contribution >= 0.6 is 22.9 Å². The molecule has 0 spiro atoms. The molecule has 27 heavy (non-hydrogen) atoms. The molecular weight excluding hydrogens is 384 g/mol. The molecule has 1 N–H and O–H groups in total. The highest BCUT2D eigenvalue weighted by Gasteiger charge is 2.16. The van der Waals surface area contributed by atoms with Crippen molar-refractivity contribution in [3.05, 3.63) is 59.1 Å². The molecule has 0 radical (unpaired) electrons. The van der Waals surface area contributed by atoms with Gasteiger partial charge in [-0.3, -0.25) is 10.1 Å². The zero-order valence-electron chi connectivity index (χ0n) is 14.6. The fraction of sp³-hybridized carbons (Fsp3) is 0.100. The van der Waals surface area contributed by atoms with Crippen molar-refractivity contribution in [1.82, 2.24) is 4.98 Å². The van der Waals surface area contributed by atoms with E-state index in [0.717, 1.165) is 15.5 Å². The number of anilines is 1. The molecule has 0 unspecified atom stereocenters. The van der Waals surface area contributed by atoms with E-state index in [1.54, 1.807) is 32.4 Å². The van der Waals surface area contributed by atoms with Gasteiger partial charge in [-0.15, -0.1) is 0 Å². The van der Waals surface area contributed by atoms with Gasteiger partial charge in [0, 0.05) is 22.0 Å². The Bertz CT molecular complexity index is 1170. The number of hydrogen-bond donors (Lipinski definition) is 1. The molecule has 7 heteroatoms. The Morgan fingerprint density at radius 1 is 1.07 bits per heavy atom. The van der Waals surface area contributed by atoms with E-state index < -0.39 is 0 Å². The Kier molecular flexibility index (Phi) is 4.59. The SMILES string of the molecule is COc1cc(OC)c2nc(NC(=O)c3cccc4c(Cl)cccc34)sc2c1. The van der Waals surface area contributed by atoms with Crippen LogP contribution in [-0.4, -0.2) is 25.1 Å². The lowest BCUT2D eigenvalue weighted by molar-refractivity contribution is 0.102. The Balaban J connectivity index is 1.72. The first-order chi connectivity index (χ1) is 13.1. The maximum atomic E-state index is 12.9. The second-order valence-corrected chi connectivity index (χ2v) is 7.23. The molecule has 0 atom stereocenters. The van der Waals surface area contributed by atoms with Gasteiger partial charge in [-0.05, 0) is 23.6 Å². The molecule has 3 aromatic carbocycles. The van der Waals surface area contributed by atoms with E-state index in [1.807, 2.05) is 30.3 Å². The van der Waals surface area contributed by atoms with E-state index in [9.17, 15) is 4.79 Å². The van der Waals surface area contributed by atoms with E-state index in [1.165, 1.54) is 11.3 Å². The van der Waals surface area contributed by atoms with E-state index in [2.05, 4.69) is 10.3 Å². The smallest absolute Gasteiger partial charge is 0.258 e. The number of amides is 1. The summed E-state index contributed by atoms with van der Waals surface area (Å²) >= 11 is 7.60. The number of hydrogen-bond acceptors (Lipinski definition) is 5. The van der Waals surface area contributed by atoms with Crippen LogP contribution in [-0.2, 0) is 0 Å². The minimum atomic E-state index is -0.243. The maximum Gasteiger partial charge on any atom is 0.258 e. The van der Waals surface area contributed by atoms with Crippen molar-refractivity contribution in [2.45, 2.75) is 0 Å². The molecule has 1 aromatic heterocycles. The van der Waals surface area contributed by atoms with Gasteiger partial charge in [-0.25, -0.2) is 4.98 Å². The van der Waals surface area contributed by atoms with Crippen LogP contribution < -0.4 is 14.8 Å². The lowest BCUT2D eigenvalue weighted by Crippen LogP contribution is -2.12. The standard InChI is InChI=1S/C20H15ClN2O3S/c1-25-11-9-16(26-2)18-17(10-11)27-20(22-18)23-19(24)14-7-3-6-13-12(14)5-4-8-15(13)21/h3-10H,1-2H3,(H,22,23,24). The predicted molar refractivity (Wildman–Crippen MR) is 110 cm³/mol. The van der Waals surface area contributed by atoms with Crippen LogP contribution in [0.4, 0.5) is 5.13 Å². The van der Waals surface area contributed by atoms with Crippen LogP contribution in [0.5, 0.6) is 11.5 Å². The molecule has 0 aliphatic heterocycles. The Labute approximate surface area is 164 Å². The quantitative estimate of drug-likeness (QED) is 0.501. The van der Waals surface area contributed by atoms with Crippen molar-refractivity contribution in [2.75, 3.05) is 19.5 Å². The second-order valence-electron chi connectivity index (χ2n) is 5.79. The van der Waals surface area contributed by atoms with E-state index in [4.69, 9.17) is 21.1 Å². The normalized spacial score (nSPS) is 10.9. The monoisotopic (exact) mass is 398 g/mol. The van der Waals surface area contributed by atoms with Crippen LogP contribution in [0.25, 0.3) is 21.0 Å². The predicted octanol–water partition coefficient (Wildman–Crippen LogP) is 5.37. The summed E-state index contributed by atoms with van der Waals surface area (Å²) in [6.07, 6.45) is 0. The highest BCUT2D eigenvalue weighted by molar-refractivity contribution is 7.22. The maximum absolute atomic E-state index is 12.9. The molecule has 4 aromatic rings. The van der Waals surface area contributed by atoms with E-state index in [-0.39, 0.29) is 5.91 Å². The molecule has 1 amide bonds. The van der Waals surface area contributed by atoms with Crippen LogP contribution in [0.3, 0.4) is 0 Å². The molecule has 5 nitrogen and oxygen atoms in total. The molecule has 0 saturated carbocycles. The fourth-order valence-electron chi connectivity index (χ4n) is 2.94. The van der Waals surface area contributed by atoms with Gasteiger partial charge in [-0.2, -0.15) is 0 Å². The summed E-state index contributed by atoms with van der Waals surface area (Å²) in [7, 11) is 3.17. The summed E-state index contributed by atoms with van der Waals surface area (Å²) in [5.74, 6) is 1.02. The lowest BCUT2D eigenvalue weighted by atomic mass is 10.0. The van der Waals surface area contributed by atoms with Crippen molar-refractivity contribution in [3.63, 3.8) is 0 Å². The van der Waals surface area contributed by atoms with Gasteiger partial charge < -0.3 is 9.47 Å². The molecular formula is C20H15ClN2O3S. The van der Waals surface area contributed by atoms with Crippen LogP contribution in [0.2, 0.25) is 5.02 Å². The number of ether oxygens (including phenoxy) is 2. The summed E-state index contributed by atoms with van der Waals surface area (Å²) < 4.78 is 11.5. The molecule has 0 saturated heterocycles. The molecule has 0 aliphatic rings. The third-order valence-corrected chi connectivity index (χ3v) is 5.47. The summed E-state index contributed by atoms with van der Waals surface area (Å²) in [4.78, 5) is 17.4. The van der Waals surface area contributed by atoms with Gasteiger partial charge >= 0.3 is 0 Å². The number of thiazole rings is 1. The number of aromatic nitrogens is 1. The number of benzene rings is 3. The first-order valence-electron chi connectivity index (χ1n) is 8.12. The van der Waals surface area contributed by atoms with Gasteiger partial charge in [0.25, 0.3) is 5.91 Å². The molecule has 4 rings (SSSR count). The van der Waals surface area contributed by atoms with Crippen LogP contribution in [0, 0.1) is 0 Å². The number of rotatable bonds is 4. The van der Waals surface area contributed by atoms with Gasteiger partial charge in [-0.1, -0.05) is 47.2 Å². The van der Waals surface area contributed by atoms with Gasteiger partial charge in [0.2, 0.25) is 0 Å². The third-order valence-electron chi connectivity index (χ3n) is 4.22. The molecule has 0 fully saturated rings. The number of nitrogens with one attached hydrogen (secondary N) is 1. The molecule has 0 bridgehead atoms. The van der Waals surface area contributed by atoms with E-state index >= 15 is 0 Å². The van der Waals surface area contributed by atoms with Gasteiger partial charge in [0.1, 0.15) is 17.0 Å². The first kappa shape index (κ1) is 17.6. The first-order valence-corrected chi connectivity index (χ1v) is 9.31. The molecule has 1 heterocycles. The summed E-state index contributed by atoms with van der Waals surface area (Å²) in [5.41, 5.74) is 1.22. The van der Waals surface area contributed by atoms with Crippen molar-refractivity contribution in [3.8, 4) is 11.5 Å². The zero-order chi connectivity index (χ0) is 19.0. The highest BCUT2D eigenvalue weighted by Crippen LogP contribution is 2.36. The van der Waals surface area contributed by atoms with Crippen LogP contribution in [0.1, 0.15) is 10.4 Å². The van der Waals surface area contributed by atoms with Gasteiger partial charge in [0.05, 0.1) is 18.9 Å². The minimum Gasteiger partial charge on any atom is -0.497 e. The molecule has 0 aliphatic carbocycles. The number of carbonyl (C=O) groups is 1. The number of methoxy groups -OCH3 is 2. The second kappa shape index (κ2) is 7.06. The Morgan fingerprint density at radius 2 is 1.85 bits per heavy atom. The lowest BCUT2D eigenvalue weighted by Gasteiger charge is -2.07. The largest absolute Gasteiger partial charge is 0.497 e. The van der Waals surface area contributed by atoms with Crippen molar-refractivity contribution < 1.29 is 14.3 Å². The van der Waals surface area contributed by atoms with Gasteiger partial charge in [0.15, 0.2) is 5.13 Å². The molecule has 136 valence electrons. The number of nitrogens with zero attached hydrogens (tertiary/aromatic N) is 1. The average molecular weight is 399 g/mol. The Morgan fingerprint density at radius 3 is 2.63 bits per heavy atom.